The van der Waals surface area contributed by atoms with Gasteiger partial charge in [0.15, 0.2) is 5.13 Å². The van der Waals surface area contributed by atoms with Crippen molar-refractivity contribution < 1.29 is 28.0 Å². The van der Waals surface area contributed by atoms with Gasteiger partial charge in [0.25, 0.3) is 11.6 Å². The van der Waals surface area contributed by atoms with Gasteiger partial charge in [-0.2, -0.15) is 8.78 Å². The number of benzene rings is 2. The smallest absolute Gasteiger partial charge is 0.387 e. The van der Waals surface area contributed by atoms with Crippen molar-refractivity contribution in [2.24, 2.45) is 0 Å². The third-order valence-electron chi connectivity index (χ3n) is 4.18. The molecule has 2 N–H and O–H groups in total. The third kappa shape index (κ3) is 5.74. The number of ether oxygens (including phenoxy) is 2. The number of para-hydroxylation sites is 1. The zero-order valence-electron chi connectivity index (χ0n) is 16.7. The van der Waals surface area contributed by atoms with E-state index in [9.17, 15) is 23.7 Å². The van der Waals surface area contributed by atoms with Crippen molar-refractivity contribution in [3.63, 3.8) is 0 Å². The Morgan fingerprint density at radius 1 is 1.28 bits per heavy atom. The molecule has 0 aliphatic carbocycles. The molecule has 2 aromatic carbocycles. The summed E-state index contributed by atoms with van der Waals surface area (Å²) in [6, 6.07) is 10.2. The molecule has 0 fully saturated rings. The summed E-state index contributed by atoms with van der Waals surface area (Å²) < 4.78 is 34.7. The maximum Gasteiger partial charge on any atom is 0.387 e. The minimum atomic E-state index is -2.99. The molecule has 0 saturated carbocycles. The summed E-state index contributed by atoms with van der Waals surface area (Å²) in [5.41, 5.74) is 0.742. The topological polar surface area (TPSA) is 116 Å². The average Bonchev–Trinajstić information content (AvgIpc) is 3.22. The van der Waals surface area contributed by atoms with Crippen LogP contribution in [-0.2, 0) is 4.74 Å². The van der Waals surface area contributed by atoms with Gasteiger partial charge >= 0.3 is 6.61 Å². The van der Waals surface area contributed by atoms with E-state index in [1.807, 2.05) is 0 Å². The molecule has 32 heavy (non-hydrogen) atoms. The highest BCUT2D eigenvalue weighted by molar-refractivity contribution is 7.14. The van der Waals surface area contributed by atoms with Crippen LogP contribution < -0.4 is 15.4 Å². The molecule has 0 radical (unpaired) electrons. The summed E-state index contributed by atoms with van der Waals surface area (Å²) in [4.78, 5) is 27.6. The number of hydrogen-bond donors (Lipinski definition) is 2. The van der Waals surface area contributed by atoms with E-state index in [0.717, 1.165) is 17.4 Å². The zero-order valence-corrected chi connectivity index (χ0v) is 17.5. The second kappa shape index (κ2) is 10.6. The second-order valence-corrected chi connectivity index (χ2v) is 7.13. The normalized spacial score (nSPS) is 10.8. The van der Waals surface area contributed by atoms with Crippen molar-refractivity contribution in [3.05, 3.63) is 63.5 Å². The van der Waals surface area contributed by atoms with Crippen LogP contribution in [-0.4, -0.2) is 42.7 Å². The lowest BCUT2D eigenvalue weighted by Gasteiger charge is -2.09. The van der Waals surface area contributed by atoms with Crippen LogP contribution in [0.15, 0.2) is 47.8 Å². The fourth-order valence-corrected chi connectivity index (χ4v) is 3.47. The lowest BCUT2D eigenvalue weighted by atomic mass is 10.1. The minimum Gasteiger partial charge on any atom is -0.434 e. The molecule has 0 spiro atoms. The molecule has 0 aliphatic rings. The van der Waals surface area contributed by atoms with Crippen molar-refractivity contribution in [2.45, 2.75) is 6.61 Å². The quantitative estimate of drug-likeness (QED) is 0.255. The summed E-state index contributed by atoms with van der Waals surface area (Å²) in [5, 5.41) is 18.6. The van der Waals surface area contributed by atoms with Gasteiger partial charge in [-0.25, -0.2) is 4.98 Å². The Kier molecular flexibility index (Phi) is 7.63. The lowest BCUT2D eigenvalue weighted by molar-refractivity contribution is -0.384. The van der Waals surface area contributed by atoms with Crippen LogP contribution in [0.25, 0.3) is 11.3 Å². The first-order valence-electron chi connectivity index (χ1n) is 9.21. The van der Waals surface area contributed by atoms with Gasteiger partial charge in [-0.15, -0.1) is 11.3 Å². The Labute approximate surface area is 185 Å². The number of alkyl halides is 2. The number of nitro groups is 1. The second-order valence-electron chi connectivity index (χ2n) is 6.28. The highest BCUT2D eigenvalue weighted by Gasteiger charge is 2.19. The van der Waals surface area contributed by atoms with E-state index in [2.05, 4.69) is 20.4 Å². The first kappa shape index (κ1) is 23.0. The summed E-state index contributed by atoms with van der Waals surface area (Å²) in [5.74, 6) is -0.646. The van der Waals surface area contributed by atoms with Crippen LogP contribution in [0.3, 0.4) is 0 Å². The molecule has 0 unspecified atom stereocenters. The molecule has 1 amide bonds. The maximum absolute atomic E-state index is 12.6. The predicted molar refractivity (Wildman–Crippen MR) is 116 cm³/mol. The molecule has 3 rings (SSSR count). The SMILES string of the molecule is COCCNc1ccc(C(=O)Nc2nc(-c3ccccc3OC(F)F)cs2)cc1[N+](=O)[O-]. The van der Waals surface area contributed by atoms with Crippen LogP contribution in [0, 0.1) is 10.1 Å². The van der Waals surface area contributed by atoms with Crippen molar-refractivity contribution in [3.8, 4) is 17.0 Å². The molecule has 1 heterocycles. The van der Waals surface area contributed by atoms with E-state index in [4.69, 9.17) is 4.74 Å². The van der Waals surface area contributed by atoms with Crippen LogP contribution >= 0.6 is 11.3 Å². The molecule has 9 nitrogen and oxygen atoms in total. The number of amides is 1. The van der Waals surface area contributed by atoms with Crippen molar-refractivity contribution in [1.29, 1.82) is 0 Å². The molecule has 168 valence electrons. The van der Waals surface area contributed by atoms with E-state index in [0.29, 0.717) is 24.4 Å². The van der Waals surface area contributed by atoms with E-state index < -0.39 is 17.4 Å². The molecule has 12 heteroatoms. The highest BCUT2D eigenvalue weighted by Crippen LogP contribution is 2.33. The Bertz CT molecular complexity index is 1110. The summed E-state index contributed by atoms with van der Waals surface area (Å²) in [6.07, 6.45) is 0. The zero-order chi connectivity index (χ0) is 23.1. The third-order valence-corrected chi connectivity index (χ3v) is 4.94. The van der Waals surface area contributed by atoms with Gasteiger partial charge in [0, 0.05) is 36.2 Å². The largest absolute Gasteiger partial charge is 0.434 e. The molecule has 0 atom stereocenters. The average molecular weight is 464 g/mol. The summed E-state index contributed by atoms with van der Waals surface area (Å²) in [7, 11) is 1.51. The number of hydrogen-bond acceptors (Lipinski definition) is 8. The standard InChI is InChI=1S/C20H18F2N4O5S/c1-30-9-8-23-14-7-6-12(10-16(14)26(28)29)18(27)25-20-24-15(11-32-20)13-4-2-3-5-17(13)31-19(21)22/h2-7,10-11,19,23H,8-9H2,1H3,(H,24,25,27). The Morgan fingerprint density at radius 3 is 2.78 bits per heavy atom. The van der Waals surface area contributed by atoms with Crippen molar-refractivity contribution in [2.75, 3.05) is 30.9 Å². The van der Waals surface area contributed by atoms with Crippen LogP contribution in [0.5, 0.6) is 5.75 Å². The Balaban J connectivity index is 1.77. The molecule has 1 aromatic heterocycles. The van der Waals surface area contributed by atoms with Gasteiger partial charge in [-0.05, 0) is 24.3 Å². The number of aromatic nitrogens is 1. The number of carbonyl (C=O) groups excluding carboxylic acids is 1. The Hall–Kier alpha value is -3.64. The number of halogens is 2. The number of carbonyl (C=O) groups is 1. The first-order chi connectivity index (χ1) is 15.4. The number of nitrogens with zero attached hydrogens (tertiary/aromatic N) is 2. The van der Waals surface area contributed by atoms with E-state index in [1.54, 1.807) is 23.6 Å². The van der Waals surface area contributed by atoms with Gasteiger partial charge in [0.05, 0.1) is 17.2 Å². The Morgan fingerprint density at radius 2 is 2.06 bits per heavy atom. The molecular weight excluding hydrogens is 446 g/mol. The number of methoxy groups -OCH3 is 1. The van der Waals surface area contributed by atoms with Gasteiger partial charge in [-0.3, -0.25) is 20.2 Å². The van der Waals surface area contributed by atoms with Gasteiger partial charge in [-0.1, -0.05) is 12.1 Å². The number of nitrogens with one attached hydrogen (secondary N) is 2. The number of anilines is 2. The van der Waals surface area contributed by atoms with Gasteiger partial charge in [0.1, 0.15) is 11.4 Å². The van der Waals surface area contributed by atoms with Crippen molar-refractivity contribution >= 4 is 33.8 Å². The predicted octanol–water partition coefficient (Wildman–Crippen LogP) is 4.63. The van der Waals surface area contributed by atoms with E-state index >= 15 is 0 Å². The van der Waals surface area contributed by atoms with Crippen LogP contribution in [0.2, 0.25) is 0 Å². The number of rotatable bonds is 10. The van der Waals surface area contributed by atoms with Crippen LogP contribution in [0.1, 0.15) is 10.4 Å². The maximum atomic E-state index is 12.6. The lowest BCUT2D eigenvalue weighted by Crippen LogP contribution is -2.13. The van der Waals surface area contributed by atoms with E-state index in [1.165, 1.54) is 25.3 Å². The summed E-state index contributed by atoms with van der Waals surface area (Å²) in [6.45, 7) is -2.27. The van der Waals surface area contributed by atoms with E-state index in [-0.39, 0.29) is 27.8 Å². The first-order valence-corrected chi connectivity index (χ1v) is 10.1. The number of nitro benzene ring substituents is 1. The monoisotopic (exact) mass is 464 g/mol. The minimum absolute atomic E-state index is 0.0436. The molecule has 0 aliphatic heterocycles. The van der Waals surface area contributed by atoms with Crippen molar-refractivity contribution in [1.82, 2.24) is 4.98 Å². The molecule has 0 bridgehead atoms. The fourth-order valence-electron chi connectivity index (χ4n) is 2.76. The fraction of sp³-hybridized carbons (Fsp3) is 0.200. The highest BCUT2D eigenvalue weighted by atomic mass is 32.1. The molecular formula is C20H18F2N4O5S. The molecule has 3 aromatic rings. The van der Waals surface area contributed by atoms with Gasteiger partial charge in [0.2, 0.25) is 0 Å². The summed E-state index contributed by atoms with van der Waals surface area (Å²) >= 11 is 1.08. The van der Waals surface area contributed by atoms with Gasteiger partial charge < -0.3 is 14.8 Å². The number of thiazole rings is 1. The molecule has 0 saturated heterocycles. The van der Waals surface area contributed by atoms with Crippen LogP contribution in [0.4, 0.5) is 25.3 Å².